The Balaban J connectivity index is 1.48. The molecule has 0 aliphatic heterocycles. The first-order valence-corrected chi connectivity index (χ1v) is 16.4. The number of carbonyl (C=O) groups is 1. The van der Waals surface area contributed by atoms with Gasteiger partial charge in [0.15, 0.2) is 0 Å². The van der Waals surface area contributed by atoms with Crippen LogP contribution in [-0.4, -0.2) is 16.6 Å². The summed E-state index contributed by atoms with van der Waals surface area (Å²) < 4.78 is 53.7. The average molecular weight is 703 g/mol. The van der Waals surface area contributed by atoms with Crippen molar-refractivity contribution in [2.75, 3.05) is 0 Å². The van der Waals surface area contributed by atoms with Crippen molar-refractivity contribution in [3.05, 3.63) is 116 Å². The van der Waals surface area contributed by atoms with Crippen molar-refractivity contribution in [1.82, 2.24) is 5.32 Å². The van der Waals surface area contributed by atoms with Crippen LogP contribution in [-0.2, 0) is 37.2 Å². The Morgan fingerprint density at radius 2 is 1.38 bits per heavy atom. The highest BCUT2D eigenvalue weighted by molar-refractivity contribution is 6.37. The van der Waals surface area contributed by atoms with Crippen LogP contribution in [0.3, 0.4) is 0 Å². The first-order valence-electron chi connectivity index (χ1n) is 15.7. The number of carboxylic acids is 1. The Hall–Kier alpha value is -3.72. The van der Waals surface area contributed by atoms with Crippen molar-refractivity contribution in [2.24, 2.45) is 5.92 Å². The minimum Gasteiger partial charge on any atom is -0.489 e. The third kappa shape index (κ3) is 9.46. The molecule has 0 atom stereocenters. The van der Waals surface area contributed by atoms with Crippen LogP contribution >= 0.6 is 23.2 Å². The molecule has 0 spiro atoms. The number of aliphatic carboxylic acids is 1. The highest BCUT2D eigenvalue weighted by Crippen LogP contribution is 2.40. The number of aryl methyl sites for hydroxylation is 2. The summed E-state index contributed by atoms with van der Waals surface area (Å²) in [5.74, 6) is -0.153. The molecule has 256 valence electrons. The SMILES string of the molecule is Cc1cc(CNC(C)(C)C(=O)O)ccc1OCc1cccc(-c2cccc(COc3ccc(CCC(C)C)cc3C(F)(F)F)c2Cl)c1Cl. The summed E-state index contributed by atoms with van der Waals surface area (Å²) in [5.41, 5.74) is 3.03. The lowest BCUT2D eigenvalue weighted by Crippen LogP contribution is -2.46. The van der Waals surface area contributed by atoms with E-state index in [1.807, 2.05) is 57.2 Å². The van der Waals surface area contributed by atoms with Crippen molar-refractivity contribution >= 4 is 29.2 Å². The molecule has 0 fully saturated rings. The van der Waals surface area contributed by atoms with Crippen molar-refractivity contribution in [3.63, 3.8) is 0 Å². The topological polar surface area (TPSA) is 67.8 Å². The first-order chi connectivity index (χ1) is 22.6. The zero-order valence-corrected chi connectivity index (χ0v) is 29.1. The average Bonchev–Trinajstić information content (AvgIpc) is 3.02. The normalized spacial score (nSPS) is 12.0. The summed E-state index contributed by atoms with van der Waals surface area (Å²) in [6, 6.07) is 20.6. The fourth-order valence-corrected chi connectivity index (χ4v) is 5.59. The van der Waals surface area contributed by atoms with Gasteiger partial charge in [-0.3, -0.25) is 10.1 Å². The molecule has 4 rings (SSSR count). The van der Waals surface area contributed by atoms with Gasteiger partial charge >= 0.3 is 12.1 Å². The minimum atomic E-state index is -4.57. The van der Waals surface area contributed by atoms with Crippen molar-refractivity contribution in [3.8, 4) is 22.6 Å². The number of nitrogens with one attached hydrogen (secondary N) is 1. The maximum absolute atomic E-state index is 14.0. The molecule has 0 unspecified atom stereocenters. The van der Waals surface area contributed by atoms with E-state index in [1.54, 1.807) is 38.1 Å². The molecule has 10 heteroatoms. The Labute approximate surface area is 290 Å². The van der Waals surface area contributed by atoms with Crippen LogP contribution in [0.1, 0.15) is 67.5 Å². The number of rotatable bonds is 14. The molecule has 5 nitrogen and oxygen atoms in total. The molecule has 4 aromatic carbocycles. The highest BCUT2D eigenvalue weighted by Gasteiger charge is 2.35. The van der Waals surface area contributed by atoms with Gasteiger partial charge in [0.05, 0.1) is 15.6 Å². The predicted molar refractivity (Wildman–Crippen MR) is 185 cm³/mol. The largest absolute Gasteiger partial charge is 0.489 e. The second kappa shape index (κ2) is 15.7. The second-order valence-corrected chi connectivity index (χ2v) is 13.5. The molecular weight excluding hydrogens is 662 g/mol. The number of benzene rings is 4. The predicted octanol–water partition coefficient (Wildman–Crippen LogP) is 10.7. The summed E-state index contributed by atoms with van der Waals surface area (Å²) in [6.07, 6.45) is -3.23. The van der Waals surface area contributed by atoms with Gasteiger partial charge in [-0.25, -0.2) is 0 Å². The number of alkyl halides is 3. The summed E-state index contributed by atoms with van der Waals surface area (Å²) in [7, 11) is 0. The Kier molecular flexibility index (Phi) is 12.1. The molecule has 4 aromatic rings. The van der Waals surface area contributed by atoms with E-state index in [2.05, 4.69) is 5.32 Å². The van der Waals surface area contributed by atoms with E-state index in [0.29, 0.717) is 62.5 Å². The monoisotopic (exact) mass is 701 g/mol. The number of halogens is 5. The van der Waals surface area contributed by atoms with Crippen LogP contribution in [0.25, 0.3) is 11.1 Å². The van der Waals surface area contributed by atoms with E-state index in [4.69, 9.17) is 32.7 Å². The Bertz CT molecular complexity index is 1750. The van der Waals surface area contributed by atoms with Crippen molar-refractivity contribution in [2.45, 2.75) is 78.9 Å². The molecule has 0 saturated carbocycles. The lowest BCUT2D eigenvalue weighted by Gasteiger charge is -2.21. The summed E-state index contributed by atoms with van der Waals surface area (Å²) in [4.78, 5) is 11.4. The van der Waals surface area contributed by atoms with Gasteiger partial charge < -0.3 is 14.6 Å². The lowest BCUT2D eigenvalue weighted by molar-refractivity contribution is -0.143. The van der Waals surface area contributed by atoms with E-state index in [0.717, 1.165) is 17.5 Å². The molecule has 48 heavy (non-hydrogen) atoms. The van der Waals surface area contributed by atoms with E-state index < -0.39 is 23.2 Å². The standard InChI is InChI=1S/C38H40Cl2F3NO4/c1-23(2)12-13-25-14-17-33(31(19-25)38(41,42)43)48-22-28-9-7-11-30(35(28)40)29-10-6-8-27(34(29)39)21-47-32-16-15-26(18-24(32)3)20-44-37(4,5)36(45)46/h6-11,14-19,23,44H,12-13,20-22H2,1-5H3,(H,45,46). The lowest BCUT2D eigenvalue weighted by atomic mass is 10.00. The number of hydrogen-bond donors (Lipinski definition) is 2. The maximum atomic E-state index is 14.0. The van der Waals surface area contributed by atoms with Crippen LogP contribution in [0, 0.1) is 12.8 Å². The molecule has 0 heterocycles. The zero-order chi connectivity index (χ0) is 35.2. The van der Waals surface area contributed by atoms with Gasteiger partial charge in [-0.15, -0.1) is 0 Å². The third-order valence-electron chi connectivity index (χ3n) is 8.08. The molecule has 0 aliphatic rings. The van der Waals surface area contributed by atoms with Crippen LogP contribution in [0.5, 0.6) is 11.5 Å². The molecular formula is C38H40Cl2F3NO4. The molecule has 0 aliphatic carbocycles. The molecule has 2 N–H and O–H groups in total. The van der Waals surface area contributed by atoms with Gasteiger partial charge in [0, 0.05) is 28.8 Å². The summed E-state index contributed by atoms with van der Waals surface area (Å²) in [6.45, 7) is 9.58. The second-order valence-electron chi connectivity index (χ2n) is 12.8. The Morgan fingerprint density at radius 1 is 0.833 bits per heavy atom. The number of carboxylic acid groups (broad SMARTS) is 1. The van der Waals surface area contributed by atoms with Gasteiger partial charge in [0.25, 0.3) is 0 Å². The van der Waals surface area contributed by atoms with Crippen molar-refractivity contribution in [1.29, 1.82) is 0 Å². The highest BCUT2D eigenvalue weighted by atomic mass is 35.5. The summed E-state index contributed by atoms with van der Waals surface area (Å²) in [5, 5.41) is 13.1. The molecule has 0 bridgehead atoms. The van der Waals surface area contributed by atoms with E-state index in [9.17, 15) is 23.1 Å². The van der Waals surface area contributed by atoms with E-state index in [1.165, 1.54) is 12.1 Å². The molecule has 0 aromatic heterocycles. The van der Waals surface area contributed by atoms with Gasteiger partial charge in [0.2, 0.25) is 0 Å². The zero-order valence-electron chi connectivity index (χ0n) is 27.6. The minimum absolute atomic E-state index is 0.167. The Morgan fingerprint density at radius 3 is 1.90 bits per heavy atom. The van der Waals surface area contributed by atoms with Gasteiger partial charge in [0.1, 0.15) is 30.3 Å². The molecule has 0 saturated heterocycles. The van der Waals surface area contributed by atoms with Gasteiger partial charge in [-0.1, -0.05) is 91.6 Å². The first kappa shape index (κ1) is 37.1. The molecule has 0 amide bonds. The van der Waals surface area contributed by atoms with Crippen LogP contribution in [0.2, 0.25) is 10.0 Å². The van der Waals surface area contributed by atoms with E-state index >= 15 is 0 Å². The van der Waals surface area contributed by atoms with E-state index in [-0.39, 0.29) is 19.0 Å². The van der Waals surface area contributed by atoms with Crippen LogP contribution < -0.4 is 14.8 Å². The quantitative estimate of drug-likeness (QED) is 0.137. The smallest absolute Gasteiger partial charge is 0.419 e. The van der Waals surface area contributed by atoms with Crippen LogP contribution in [0.15, 0.2) is 72.8 Å². The number of hydrogen-bond acceptors (Lipinski definition) is 4. The number of ether oxygens (including phenoxy) is 2. The third-order valence-corrected chi connectivity index (χ3v) is 8.97. The maximum Gasteiger partial charge on any atom is 0.419 e. The molecule has 0 radical (unpaired) electrons. The van der Waals surface area contributed by atoms with Gasteiger partial charge in [-0.05, 0) is 74.4 Å². The summed E-state index contributed by atoms with van der Waals surface area (Å²) >= 11 is 13.7. The fourth-order valence-electron chi connectivity index (χ4n) is 5.03. The van der Waals surface area contributed by atoms with Gasteiger partial charge in [-0.2, -0.15) is 13.2 Å². The van der Waals surface area contributed by atoms with Crippen molar-refractivity contribution < 1.29 is 32.5 Å². The van der Waals surface area contributed by atoms with Crippen LogP contribution in [0.4, 0.5) is 13.2 Å². The fraction of sp³-hybridized carbons (Fsp3) is 0.342.